The fourth-order valence-electron chi connectivity index (χ4n) is 4.18. The molecule has 9 heteroatoms. The van der Waals surface area contributed by atoms with E-state index in [4.69, 9.17) is 24.9 Å². The first-order valence-electron chi connectivity index (χ1n) is 10.6. The molecule has 0 bridgehead atoms. The van der Waals surface area contributed by atoms with E-state index in [2.05, 4.69) is 35.9 Å². The highest BCUT2D eigenvalue weighted by Crippen LogP contribution is 2.38. The van der Waals surface area contributed by atoms with Crippen molar-refractivity contribution in [2.75, 3.05) is 26.3 Å². The van der Waals surface area contributed by atoms with E-state index in [-0.39, 0.29) is 18.3 Å². The predicted octanol–water partition coefficient (Wildman–Crippen LogP) is 2.62. The van der Waals surface area contributed by atoms with Gasteiger partial charge in [-0.2, -0.15) is 0 Å². The van der Waals surface area contributed by atoms with Gasteiger partial charge in [0.05, 0.1) is 36.6 Å². The maximum atomic E-state index is 11.5. The van der Waals surface area contributed by atoms with Gasteiger partial charge in [-0.3, -0.25) is 4.98 Å². The fourth-order valence-corrected chi connectivity index (χ4v) is 4.18. The van der Waals surface area contributed by atoms with Crippen molar-refractivity contribution in [3.63, 3.8) is 0 Å². The minimum absolute atomic E-state index is 0.220. The van der Waals surface area contributed by atoms with Gasteiger partial charge in [-0.25, -0.2) is 14.8 Å². The van der Waals surface area contributed by atoms with Crippen LogP contribution in [0.2, 0.25) is 0 Å². The van der Waals surface area contributed by atoms with Crippen molar-refractivity contribution in [3.05, 3.63) is 47.8 Å². The number of fused-ring (bicyclic) bond motifs is 2. The van der Waals surface area contributed by atoms with Gasteiger partial charge in [0.1, 0.15) is 12.7 Å². The molecular formula is C23H25N5O4. The molecule has 0 aliphatic carbocycles. The van der Waals surface area contributed by atoms with E-state index in [0.717, 1.165) is 16.8 Å². The number of urea groups is 1. The Hall–Kier alpha value is -3.30. The third-order valence-electron chi connectivity index (χ3n) is 5.92. The van der Waals surface area contributed by atoms with Gasteiger partial charge in [0.2, 0.25) is 5.88 Å². The molecule has 2 amide bonds. The summed E-state index contributed by atoms with van der Waals surface area (Å²) in [5.74, 6) is 0.377. The summed E-state index contributed by atoms with van der Waals surface area (Å²) in [6, 6.07) is 7.68. The Bertz CT molecular complexity index is 1180. The van der Waals surface area contributed by atoms with Crippen LogP contribution in [-0.4, -0.2) is 58.3 Å². The lowest BCUT2D eigenvalue weighted by Gasteiger charge is -2.31. The molecule has 2 aliphatic rings. The zero-order chi connectivity index (χ0) is 22.3. The lowest BCUT2D eigenvalue weighted by Crippen LogP contribution is -2.49. The van der Waals surface area contributed by atoms with E-state index in [1.54, 1.807) is 17.3 Å². The van der Waals surface area contributed by atoms with Crippen LogP contribution in [0.25, 0.3) is 22.3 Å². The quantitative estimate of drug-likeness (QED) is 0.670. The number of amides is 2. The summed E-state index contributed by atoms with van der Waals surface area (Å²) >= 11 is 0. The zero-order valence-electron chi connectivity index (χ0n) is 18.1. The van der Waals surface area contributed by atoms with Crippen molar-refractivity contribution in [1.82, 2.24) is 19.9 Å². The van der Waals surface area contributed by atoms with E-state index >= 15 is 0 Å². The highest BCUT2D eigenvalue weighted by Gasteiger charge is 2.31. The van der Waals surface area contributed by atoms with Crippen LogP contribution in [0.1, 0.15) is 25.0 Å². The lowest BCUT2D eigenvalue weighted by atomic mass is 9.94. The number of carbonyl (C=O) groups is 1. The molecule has 0 saturated carbocycles. The van der Waals surface area contributed by atoms with Crippen LogP contribution in [0.5, 0.6) is 5.88 Å². The van der Waals surface area contributed by atoms with Gasteiger partial charge in [0.25, 0.3) is 0 Å². The third-order valence-corrected chi connectivity index (χ3v) is 5.92. The van der Waals surface area contributed by atoms with Crippen molar-refractivity contribution >= 4 is 17.1 Å². The van der Waals surface area contributed by atoms with Crippen LogP contribution in [0.3, 0.4) is 0 Å². The Morgan fingerprint density at radius 3 is 2.97 bits per heavy atom. The molecule has 1 aromatic carbocycles. The summed E-state index contributed by atoms with van der Waals surface area (Å²) in [5.41, 5.74) is 10.4. The van der Waals surface area contributed by atoms with Crippen LogP contribution in [-0.2, 0) is 21.7 Å². The molecule has 0 spiro atoms. The third kappa shape index (κ3) is 3.85. The van der Waals surface area contributed by atoms with Gasteiger partial charge >= 0.3 is 6.03 Å². The summed E-state index contributed by atoms with van der Waals surface area (Å²) in [7, 11) is 0. The van der Waals surface area contributed by atoms with E-state index in [1.165, 1.54) is 5.56 Å². The maximum absolute atomic E-state index is 11.5. The Kier molecular flexibility index (Phi) is 5.15. The van der Waals surface area contributed by atoms with Crippen molar-refractivity contribution in [3.8, 4) is 17.1 Å². The van der Waals surface area contributed by atoms with Crippen LogP contribution in [0.4, 0.5) is 4.79 Å². The minimum Gasteiger partial charge on any atom is -0.473 e. The Morgan fingerprint density at radius 1 is 1.28 bits per heavy atom. The van der Waals surface area contributed by atoms with Crippen LogP contribution in [0.15, 0.2) is 36.7 Å². The lowest BCUT2D eigenvalue weighted by molar-refractivity contribution is -0.0346. The average molecular weight is 435 g/mol. The first-order valence-corrected chi connectivity index (χ1v) is 10.6. The number of benzene rings is 1. The van der Waals surface area contributed by atoms with Crippen LogP contribution >= 0.6 is 0 Å². The summed E-state index contributed by atoms with van der Waals surface area (Å²) in [4.78, 5) is 26.6. The number of carbonyl (C=O) groups excluding carboxylic acids is 1. The zero-order valence-corrected chi connectivity index (χ0v) is 18.1. The smallest absolute Gasteiger partial charge is 0.314 e. The average Bonchev–Trinajstić information content (AvgIpc) is 3.11. The molecule has 2 aromatic heterocycles. The summed E-state index contributed by atoms with van der Waals surface area (Å²) in [6.45, 7) is 6.20. The molecule has 1 saturated heterocycles. The maximum Gasteiger partial charge on any atom is 0.314 e. The van der Waals surface area contributed by atoms with Gasteiger partial charge in [0, 0.05) is 24.5 Å². The predicted molar refractivity (Wildman–Crippen MR) is 117 cm³/mol. The molecule has 0 radical (unpaired) electrons. The summed E-state index contributed by atoms with van der Waals surface area (Å²) in [5, 5.41) is 0. The SMILES string of the molecule is CC1(C)OCc2cc(-c3cc4nccnc4c(OC[C@@H]4CN(C(N)=O)CCO4)n3)ccc21. The number of morpholine rings is 1. The minimum atomic E-state index is -0.460. The summed E-state index contributed by atoms with van der Waals surface area (Å²) in [6.07, 6.45) is 2.95. The molecule has 1 fully saturated rings. The monoisotopic (exact) mass is 435 g/mol. The Balaban J connectivity index is 1.44. The molecule has 166 valence electrons. The Labute approximate surface area is 185 Å². The van der Waals surface area contributed by atoms with Crippen molar-refractivity contribution in [2.24, 2.45) is 5.73 Å². The molecule has 3 aromatic rings. The number of rotatable bonds is 4. The Morgan fingerprint density at radius 2 is 2.12 bits per heavy atom. The molecule has 0 unspecified atom stereocenters. The van der Waals surface area contributed by atoms with Gasteiger partial charge in [-0.15, -0.1) is 0 Å². The number of hydrogen-bond donors (Lipinski definition) is 1. The van der Waals surface area contributed by atoms with Gasteiger partial charge < -0.3 is 24.8 Å². The standard InChI is InChI=1S/C23H25N5O4/c1-23(2)17-4-3-14(9-15(17)12-32-23)18-10-19-20(26-6-5-25-19)21(27-18)31-13-16-11-28(22(24)29)7-8-30-16/h3-6,9-10,16H,7-8,11-13H2,1-2H3,(H2,24,29)/t16-/m0/s1. The molecule has 2 N–H and O–H groups in total. The largest absolute Gasteiger partial charge is 0.473 e. The molecule has 1 atom stereocenters. The number of aromatic nitrogens is 3. The van der Waals surface area contributed by atoms with E-state index in [1.807, 2.05) is 12.1 Å². The van der Waals surface area contributed by atoms with E-state index in [9.17, 15) is 4.79 Å². The summed E-state index contributed by atoms with van der Waals surface area (Å²) < 4.78 is 17.7. The molecule has 4 heterocycles. The van der Waals surface area contributed by atoms with Gasteiger partial charge in [-0.05, 0) is 37.1 Å². The fraction of sp³-hybridized carbons (Fsp3) is 0.391. The number of hydrogen-bond acceptors (Lipinski definition) is 7. The normalized spacial score (nSPS) is 19.7. The molecule has 2 aliphatic heterocycles. The van der Waals surface area contributed by atoms with Crippen molar-refractivity contribution in [2.45, 2.75) is 32.2 Å². The topological polar surface area (TPSA) is 113 Å². The second-order valence-electron chi connectivity index (χ2n) is 8.50. The number of nitrogens with two attached hydrogens (primary N) is 1. The highest BCUT2D eigenvalue weighted by atomic mass is 16.5. The molecule has 5 rings (SSSR count). The van der Waals surface area contributed by atoms with Crippen molar-refractivity contribution in [1.29, 1.82) is 0 Å². The van der Waals surface area contributed by atoms with E-state index < -0.39 is 6.03 Å². The number of ether oxygens (including phenoxy) is 3. The van der Waals surface area contributed by atoms with Crippen LogP contribution < -0.4 is 10.5 Å². The number of primary amides is 1. The number of nitrogens with zero attached hydrogens (tertiary/aromatic N) is 4. The second-order valence-corrected chi connectivity index (χ2v) is 8.50. The van der Waals surface area contributed by atoms with Gasteiger partial charge in [0.15, 0.2) is 5.52 Å². The molecule has 9 nitrogen and oxygen atoms in total. The second kappa shape index (κ2) is 7.99. The van der Waals surface area contributed by atoms with E-state index in [0.29, 0.717) is 43.2 Å². The van der Waals surface area contributed by atoms with Crippen molar-refractivity contribution < 1.29 is 19.0 Å². The first-order chi connectivity index (χ1) is 15.4. The van der Waals surface area contributed by atoms with Crippen LogP contribution in [0, 0.1) is 0 Å². The molecular weight excluding hydrogens is 410 g/mol. The highest BCUT2D eigenvalue weighted by molar-refractivity contribution is 5.83. The van der Waals surface area contributed by atoms with Gasteiger partial charge in [-0.1, -0.05) is 12.1 Å². The number of pyridine rings is 1. The molecule has 32 heavy (non-hydrogen) atoms. The first kappa shape index (κ1) is 20.6.